The lowest BCUT2D eigenvalue weighted by atomic mass is 9.96. The van der Waals surface area contributed by atoms with Crippen molar-refractivity contribution in [3.63, 3.8) is 0 Å². The van der Waals surface area contributed by atoms with Gasteiger partial charge in [0.25, 0.3) is 0 Å². The number of ether oxygens (including phenoxy) is 1. The number of nitrogens with one attached hydrogen (secondary N) is 1. The molecule has 3 atom stereocenters. The first-order valence-electron chi connectivity index (χ1n) is 7.31. The van der Waals surface area contributed by atoms with Crippen molar-refractivity contribution in [3.8, 4) is 0 Å². The normalized spacial score (nSPS) is 27.1. The van der Waals surface area contributed by atoms with Gasteiger partial charge in [0.05, 0.1) is 22.6 Å². The van der Waals surface area contributed by atoms with Crippen molar-refractivity contribution in [3.05, 3.63) is 28.8 Å². The fourth-order valence-electron chi connectivity index (χ4n) is 3.59. The van der Waals surface area contributed by atoms with Gasteiger partial charge in [-0.15, -0.1) is 0 Å². The molecule has 22 heavy (non-hydrogen) atoms. The van der Waals surface area contributed by atoms with E-state index in [4.69, 9.17) is 11.6 Å². The van der Waals surface area contributed by atoms with Crippen molar-refractivity contribution in [2.75, 3.05) is 7.11 Å². The minimum Gasteiger partial charge on any atom is -0.465 e. The Morgan fingerprint density at radius 3 is 2.68 bits per heavy atom. The van der Waals surface area contributed by atoms with Crippen LogP contribution in [0.5, 0.6) is 0 Å². The third-order valence-electron chi connectivity index (χ3n) is 4.70. The molecule has 0 aromatic heterocycles. The molecule has 2 bridgehead atoms. The third-order valence-corrected chi connectivity index (χ3v) is 6.52. The van der Waals surface area contributed by atoms with Crippen LogP contribution in [-0.4, -0.2) is 27.5 Å². The Balaban J connectivity index is 1.84. The minimum absolute atomic E-state index is 0.000930. The van der Waals surface area contributed by atoms with Gasteiger partial charge >= 0.3 is 5.97 Å². The molecule has 2 aliphatic carbocycles. The lowest BCUT2D eigenvalue weighted by Crippen LogP contribution is -2.38. The molecule has 0 unspecified atom stereocenters. The van der Waals surface area contributed by atoms with E-state index in [9.17, 15) is 13.2 Å². The lowest BCUT2D eigenvalue weighted by molar-refractivity contribution is 0.0600. The third kappa shape index (κ3) is 2.87. The number of hydrogen-bond donors (Lipinski definition) is 1. The Hall–Kier alpha value is -1.11. The number of halogens is 1. The van der Waals surface area contributed by atoms with E-state index in [1.54, 1.807) is 0 Å². The Kier molecular flexibility index (Phi) is 4.18. The standard InChI is InChI=1S/C15H18ClNO4S/c1-21-15(18)12-8-11(4-5-13(12)16)22(19,20)17-14-7-9-2-3-10(14)6-9/h4-5,8-10,14,17H,2-3,6-7H2,1H3/t9-,10+,14-/m0/s1. The molecular formula is C15H18ClNO4S. The molecular weight excluding hydrogens is 326 g/mol. The van der Waals surface area contributed by atoms with Gasteiger partial charge in [0.2, 0.25) is 10.0 Å². The van der Waals surface area contributed by atoms with Gasteiger partial charge in [0.1, 0.15) is 0 Å². The van der Waals surface area contributed by atoms with Crippen molar-refractivity contribution in [2.24, 2.45) is 11.8 Å². The van der Waals surface area contributed by atoms with Gasteiger partial charge in [0.15, 0.2) is 0 Å². The van der Waals surface area contributed by atoms with Crippen LogP contribution in [0.1, 0.15) is 36.0 Å². The van der Waals surface area contributed by atoms with Crippen LogP contribution in [0.2, 0.25) is 5.02 Å². The summed E-state index contributed by atoms with van der Waals surface area (Å²) in [5.74, 6) is 0.433. The fourth-order valence-corrected chi connectivity index (χ4v) is 5.13. The number of fused-ring (bicyclic) bond motifs is 2. The van der Waals surface area contributed by atoms with Crippen LogP contribution in [0.4, 0.5) is 0 Å². The molecule has 0 aliphatic heterocycles. The van der Waals surface area contributed by atoms with Gasteiger partial charge in [-0.05, 0) is 49.3 Å². The molecule has 1 aromatic carbocycles. The number of carbonyl (C=O) groups excluding carboxylic acids is 1. The van der Waals surface area contributed by atoms with Crippen molar-refractivity contribution in [2.45, 2.75) is 36.6 Å². The van der Waals surface area contributed by atoms with Crippen LogP contribution in [0.25, 0.3) is 0 Å². The molecule has 7 heteroatoms. The minimum atomic E-state index is -3.66. The first-order chi connectivity index (χ1) is 10.4. The molecule has 3 rings (SSSR count). The lowest BCUT2D eigenvalue weighted by Gasteiger charge is -2.22. The van der Waals surface area contributed by atoms with Crippen molar-refractivity contribution in [1.82, 2.24) is 4.72 Å². The predicted octanol–water partition coefficient (Wildman–Crippen LogP) is 2.59. The van der Waals surface area contributed by atoms with Crippen molar-refractivity contribution >= 4 is 27.6 Å². The second kappa shape index (κ2) is 5.83. The van der Waals surface area contributed by atoms with E-state index in [1.807, 2.05) is 0 Å². The number of carbonyl (C=O) groups is 1. The molecule has 2 fully saturated rings. The number of rotatable bonds is 4. The van der Waals surface area contributed by atoms with Gasteiger partial charge in [-0.1, -0.05) is 18.0 Å². The molecule has 0 heterocycles. The topological polar surface area (TPSA) is 72.5 Å². The first-order valence-corrected chi connectivity index (χ1v) is 9.17. The Bertz CT molecular complexity index is 703. The number of benzene rings is 1. The maximum Gasteiger partial charge on any atom is 0.339 e. The molecule has 0 amide bonds. The van der Waals surface area contributed by atoms with Crippen LogP contribution in [0.3, 0.4) is 0 Å². The SMILES string of the molecule is COC(=O)c1cc(S(=O)(=O)N[C@H]2C[C@H]3CC[C@@H]2C3)ccc1Cl. The summed E-state index contributed by atoms with van der Waals surface area (Å²) in [6.45, 7) is 0. The van der Waals surface area contributed by atoms with Gasteiger partial charge in [-0.3, -0.25) is 0 Å². The first kappa shape index (κ1) is 15.8. The molecule has 0 radical (unpaired) electrons. The summed E-state index contributed by atoms with van der Waals surface area (Å²) in [4.78, 5) is 11.7. The van der Waals surface area contributed by atoms with E-state index in [0.717, 1.165) is 19.3 Å². The molecule has 0 spiro atoms. The van der Waals surface area contributed by atoms with Crippen LogP contribution >= 0.6 is 11.6 Å². The highest BCUT2D eigenvalue weighted by Gasteiger charge is 2.41. The molecule has 1 aromatic rings. The number of hydrogen-bond acceptors (Lipinski definition) is 4. The van der Waals surface area contributed by atoms with E-state index in [-0.39, 0.29) is 21.5 Å². The van der Waals surface area contributed by atoms with E-state index in [2.05, 4.69) is 9.46 Å². The maximum atomic E-state index is 12.5. The largest absolute Gasteiger partial charge is 0.465 e. The Morgan fingerprint density at radius 2 is 2.09 bits per heavy atom. The molecule has 5 nitrogen and oxygen atoms in total. The average Bonchev–Trinajstić information content (AvgIpc) is 3.08. The van der Waals surface area contributed by atoms with Crippen LogP contribution in [0.15, 0.2) is 23.1 Å². The summed E-state index contributed by atoms with van der Waals surface area (Å²) < 4.78 is 32.5. The van der Waals surface area contributed by atoms with Gasteiger partial charge < -0.3 is 4.74 Å². The number of esters is 1. The molecule has 1 N–H and O–H groups in total. The zero-order valence-corrected chi connectivity index (χ0v) is 13.8. The quantitative estimate of drug-likeness (QED) is 0.853. The predicted molar refractivity (Wildman–Crippen MR) is 82.3 cm³/mol. The van der Waals surface area contributed by atoms with Crippen molar-refractivity contribution < 1.29 is 17.9 Å². The van der Waals surface area contributed by atoms with Gasteiger partial charge in [-0.2, -0.15) is 0 Å². The summed E-state index contributed by atoms with van der Waals surface area (Å²) in [5, 5.41) is 0.172. The van der Waals surface area contributed by atoms with E-state index in [0.29, 0.717) is 11.8 Å². The molecule has 120 valence electrons. The highest BCUT2D eigenvalue weighted by atomic mass is 35.5. The monoisotopic (exact) mass is 343 g/mol. The summed E-state index contributed by atoms with van der Waals surface area (Å²) in [5.41, 5.74) is 0.0555. The summed E-state index contributed by atoms with van der Waals surface area (Å²) in [7, 11) is -2.43. The Labute approximate surface area is 135 Å². The second-order valence-corrected chi connectivity index (χ2v) is 8.16. The Morgan fingerprint density at radius 1 is 1.32 bits per heavy atom. The number of methoxy groups -OCH3 is 1. The zero-order chi connectivity index (χ0) is 15.9. The summed E-state index contributed by atoms with van der Waals surface area (Å²) in [6.07, 6.45) is 4.31. The highest BCUT2D eigenvalue weighted by Crippen LogP contribution is 2.44. The van der Waals surface area contributed by atoms with E-state index < -0.39 is 16.0 Å². The van der Waals surface area contributed by atoms with Gasteiger partial charge in [-0.25, -0.2) is 17.9 Å². The van der Waals surface area contributed by atoms with Crippen molar-refractivity contribution in [1.29, 1.82) is 0 Å². The average molecular weight is 344 g/mol. The van der Waals surface area contributed by atoms with E-state index in [1.165, 1.54) is 31.7 Å². The van der Waals surface area contributed by atoms with Crippen LogP contribution in [-0.2, 0) is 14.8 Å². The second-order valence-electron chi connectivity index (χ2n) is 6.04. The molecule has 2 saturated carbocycles. The fraction of sp³-hybridized carbons (Fsp3) is 0.533. The summed E-state index contributed by atoms with van der Waals surface area (Å²) >= 11 is 5.93. The molecule has 0 saturated heterocycles. The summed E-state index contributed by atoms with van der Waals surface area (Å²) in [6, 6.07) is 4.08. The number of sulfonamides is 1. The van der Waals surface area contributed by atoms with Gasteiger partial charge in [0, 0.05) is 6.04 Å². The smallest absolute Gasteiger partial charge is 0.339 e. The highest BCUT2D eigenvalue weighted by molar-refractivity contribution is 7.89. The zero-order valence-electron chi connectivity index (χ0n) is 12.2. The molecule has 2 aliphatic rings. The van der Waals surface area contributed by atoms with E-state index >= 15 is 0 Å². The van der Waals surface area contributed by atoms with Crippen LogP contribution < -0.4 is 4.72 Å². The maximum absolute atomic E-state index is 12.5. The van der Waals surface area contributed by atoms with Crippen LogP contribution in [0, 0.1) is 11.8 Å².